The van der Waals surface area contributed by atoms with Gasteiger partial charge in [-0.2, -0.15) is 0 Å². The fraction of sp³-hybridized carbons (Fsp3) is 0.222. The van der Waals surface area contributed by atoms with Crippen molar-refractivity contribution in [3.8, 4) is 11.5 Å². The second kappa shape index (κ2) is 5.47. The van der Waals surface area contributed by atoms with Crippen LogP contribution in [0.3, 0.4) is 0 Å². The lowest BCUT2D eigenvalue weighted by Crippen LogP contribution is -2.10. The summed E-state index contributed by atoms with van der Waals surface area (Å²) in [5.41, 5.74) is 0. The summed E-state index contributed by atoms with van der Waals surface area (Å²) >= 11 is -2.40. The molecule has 0 aliphatic carbocycles. The molecular formula is C9H9O6S-. The highest BCUT2D eigenvalue weighted by Crippen LogP contribution is 2.28. The Kier molecular flexibility index (Phi) is 4.27. The third-order valence-corrected chi connectivity index (χ3v) is 2.32. The molecule has 0 bridgehead atoms. The van der Waals surface area contributed by atoms with E-state index in [9.17, 15) is 13.6 Å². The van der Waals surface area contributed by atoms with E-state index in [0.717, 1.165) is 0 Å². The van der Waals surface area contributed by atoms with Crippen LogP contribution in [0.1, 0.15) is 0 Å². The topological polar surface area (TPSA) is 95.9 Å². The SMILES string of the molecule is COc1ccc(S(=O)[O-])cc1OCC(=O)O. The standard InChI is InChI=1S/C9H10O6S/c1-14-7-3-2-6(16(12)13)4-8(7)15-5-9(10)11/h2-4H,5H2,1H3,(H,10,11)(H,12,13)/p-1. The van der Waals surface area contributed by atoms with Crippen LogP contribution in [0.25, 0.3) is 0 Å². The number of carboxylic acid groups (broad SMARTS) is 1. The van der Waals surface area contributed by atoms with Crippen molar-refractivity contribution in [2.24, 2.45) is 0 Å². The van der Waals surface area contributed by atoms with Gasteiger partial charge in [0.1, 0.15) is 0 Å². The van der Waals surface area contributed by atoms with E-state index in [2.05, 4.69) is 0 Å². The molecule has 0 radical (unpaired) electrons. The average Bonchev–Trinajstić information content (AvgIpc) is 2.25. The van der Waals surface area contributed by atoms with Crippen molar-refractivity contribution in [2.45, 2.75) is 4.90 Å². The van der Waals surface area contributed by atoms with Crippen LogP contribution in [0.2, 0.25) is 0 Å². The van der Waals surface area contributed by atoms with Crippen LogP contribution < -0.4 is 9.47 Å². The number of hydrogen-bond acceptors (Lipinski definition) is 5. The lowest BCUT2D eigenvalue weighted by atomic mass is 10.3. The number of methoxy groups -OCH3 is 1. The molecule has 88 valence electrons. The molecule has 0 heterocycles. The molecule has 1 aromatic rings. The van der Waals surface area contributed by atoms with E-state index in [4.69, 9.17) is 14.6 Å². The maximum absolute atomic E-state index is 10.7. The Hall–Kier alpha value is -1.60. The zero-order valence-electron chi connectivity index (χ0n) is 8.34. The first-order valence-electron chi connectivity index (χ1n) is 4.16. The largest absolute Gasteiger partial charge is 0.768 e. The maximum atomic E-state index is 10.7. The van der Waals surface area contributed by atoms with E-state index < -0.39 is 23.7 Å². The van der Waals surface area contributed by atoms with E-state index in [1.54, 1.807) is 0 Å². The zero-order valence-corrected chi connectivity index (χ0v) is 9.15. The summed E-state index contributed by atoms with van der Waals surface area (Å²) in [4.78, 5) is 10.3. The van der Waals surface area contributed by atoms with Crippen molar-refractivity contribution in [3.05, 3.63) is 18.2 Å². The Bertz CT molecular complexity index is 416. The zero-order chi connectivity index (χ0) is 12.1. The molecule has 0 aliphatic rings. The van der Waals surface area contributed by atoms with Gasteiger partial charge in [-0.15, -0.1) is 0 Å². The minimum Gasteiger partial charge on any atom is -0.768 e. The number of rotatable bonds is 5. The van der Waals surface area contributed by atoms with E-state index in [1.807, 2.05) is 0 Å². The molecule has 1 rings (SSSR count). The van der Waals surface area contributed by atoms with Gasteiger partial charge < -0.3 is 19.1 Å². The van der Waals surface area contributed by atoms with Crippen LogP contribution in [0.5, 0.6) is 11.5 Å². The maximum Gasteiger partial charge on any atom is 0.341 e. The van der Waals surface area contributed by atoms with Gasteiger partial charge in [-0.3, -0.25) is 4.21 Å². The summed E-state index contributed by atoms with van der Waals surface area (Å²) in [6.45, 7) is -0.564. The normalized spacial score (nSPS) is 11.9. The Labute approximate surface area is 94.1 Å². The minimum absolute atomic E-state index is 0.00110. The molecule has 0 fully saturated rings. The van der Waals surface area contributed by atoms with Gasteiger partial charge in [-0.05, 0) is 29.3 Å². The Morgan fingerprint density at radius 1 is 1.50 bits per heavy atom. The van der Waals surface area contributed by atoms with Crippen LogP contribution in [0, 0.1) is 0 Å². The predicted molar refractivity (Wildman–Crippen MR) is 53.3 cm³/mol. The number of ether oxygens (including phenoxy) is 2. The molecular weight excluding hydrogens is 236 g/mol. The molecule has 1 atom stereocenters. The van der Waals surface area contributed by atoms with E-state index >= 15 is 0 Å². The van der Waals surface area contributed by atoms with Gasteiger partial charge in [0.05, 0.1) is 7.11 Å². The van der Waals surface area contributed by atoms with Crippen molar-refractivity contribution in [1.82, 2.24) is 0 Å². The summed E-state index contributed by atoms with van der Waals surface area (Å²) in [6, 6.07) is 3.92. The molecule has 6 nitrogen and oxygen atoms in total. The van der Waals surface area contributed by atoms with Gasteiger partial charge in [-0.1, -0.05) is 0 Å². The molecule has 0 aliphatic heterocycles. The molecule has 1 N–H and O–H groups in total. The molecule has 0 amide bonds. The number of carbonyl (C=O) groups is 1. The smallest absolute Gasteiger partial charge is 0.341 e. The summed E-state index contributed by atoms with van der Waals surface area (Å²) in [5.74, 6) is -0.808. The van der Waals surface area contributed by atoms with Gasteiger partial charge in [0.25, 0.3) is 0 Å². The third-order valence-electron chi connectivity index (χ3n) is 1.68. The Morgan fingerprint density at radius 2 is 2.19 bits per heavy atom. The highest BCUT2D eigenvalue weighted by molar-refractivity contribution is 7.79. The molecule has 1 unspecified atom stereocenters. The Balaban J connectivity index is 2.97. The Morgan fingerprint density at radius 3 is 2.69 bits per heavy atom. The highest BCUT2D eigenvalue weighted by Gasteiger charge is 2.08. The number of aliphatic carboxylic acids is 1. The van der Waals surface area contributed by atoms with Crippen molar-refractivity contribution < 1.29 is 28.1 Å². The number of carboxylic acids is 1. The molecule has 7 heteroatoms. The predicted octanol–water partition coefficient (Wildman–Crippen LogP) is 0.397. The molecule has 0 spiro atoms. The summed E-state index contributed by atoms with van der Waals surface area (Å²) < 4.78 is 31.1. The monoisotopic (exact) mass is 245 g/mol. The van der Waals surface area contributed by atoms with Gasteiger partial charge >= 0.3 is 5.97 Å². The van der Waals surface area contributed by atoms with Gasteiger partial charge in [0.15, 0.2) is 18.1 Å². The summed E-state index contributed by atoms with van der Waals surface area (Å²) in [6.07, 6.45) is 0. The number of benzene rings is 1. The summed E-state index contributed by atoms with van der Waals surface area (Å²) in [7, 11) is 1.37. The minimum atomic E-state index is -2.40. The van der Waals surface area contributed by atoms with Crippen LogP contribution in [-0.4, -0.2) is 33.6 Å². The second-order valence-electron chi connectivity index (χ2n) is 2.73. The van der Waals surface area contributed by atoms with Crippen LogP contribution in [-0.2, 0) is 15.9 Å². The average molecular weight is 245 g/mol. The van der Waals surface area contributed by atoms with Crippen molar-refractivity contribution >= 4 is 17.0 Å². The first-order valence-corrected chi connectivity index (χ1v) is 5.24. The summed E-state index contributed by atoms with van der Waals surface area (Å²) in [5, 5.41) is 8.43. The van der Waals surface area contributed by atoms with Crippen molar-refractivity contribution in [1.29, 1.82) is 0 Å². The molecule has 0 aromatic heterocycles. The van der Waals surface area contributed by atoms with Crippen LogP contribution >= 0.6 is 0 Å². The molecule has 1 aromatic carbocycles. The second-order valence-corrected chi connectivity index (χ2v) is 3.67. The molecule has 0 saturated carbocycles. The van der Waals surface area contributed by atoms with Gasteiger partial charge in [0, 0.05) is 4.90 Å². The lowest BCUT2D eigenvalue weighted by molar-refractivity contribution is -0.139. The van der Waals surface area contributed by atoms with Gasteiger partial charge in [0.2, 0.25) is 0 Å². The van der Waals surface area contributed by atoms with Gasteiger partial charge in [-0.25, -0.2) is 4.79 Å². The fourth-order valence-corrected chi connectivity index (χ4v) is 1.40. The van der Waals surface area contributed by atoms with Crippen molar-refractivity contribution in [2.75, 3.05) is 13.7 Å². The highest BCUT2D eigenvalue weighted by atomic mass is 32.2. The van der Waals surface area contributed by atoms with E-state index in [1.165, 1.54) is 25.3 Å². The first kappa shape index (κ1) is 12.5. The third kappa shape index (κ3) is 3.21. The van der Waals surface area contributed by atoms with Crippen molar-refractivity contribution in [3.63, 3.8) is 0 Å². The van der Waals surface area contributed by atoms with Crippen LogP contribution in [0.15, 0.2) is 23.1 Å². The fourth-order valence-electron chi connectivity index (χ4n) is 1.01. The number of hydrogen-bond donors (Lipinski definition) is 1. The first-order chi connectivity index (χ1) is 7.54. The quantitative estimate of drug-likeness (QED) is 0.754. The molecule has 0 saturated heterocycles. The lowest BCUT2D eigenvalue weighted by Gasteiger charge is -2.12. The van der Waals surface area contributed by atoms with E-state index in [-0.39, 0.29) is 16.4 Å². The molecule has 16 heavy (non-hydrogen) atoms. The van der Waals surface area contributed by atoms with Crippen LogP contribution in [0.4, 0.5) is 0 Å². The van der Waals surface area contributed by atoms with E-state index in [0.29, 0.717) is 0 Å².